The minimum absolute atomic E-state index is 0.0455. The molecule has 0 aliphatic rings. The van der Waals surface area contributed by atoms with Gasteiger partial charge in [-0.15, -0.1) is 0 Å². The van der Waals surface area contributed by atoms with Crippen molar-refractivity contribution in [1.29, 1.82) is 0 Å². The van der Waals surface area contributed by atoms with Crippen molar-refractivity contribution < 1.29 is 18.3 Å². The highest BCUT2D eigenvalue weighted by Gasteiger charge is 2.00. The topological polar surface area (TPSA) is 78.5 Å². The van der Waals surface area contributed by atoms with Crippen LogP contribution in [0, 0.1) is 0 Å². The van der Waals surface area contributed by atoms with Gasteiger partial charge in [0.2, 0.25) is 0 Å². The Kier molecular flexibility index (Phi) is 4.09. The molecule has 1 atom stereocenters. The molecule has 0 saturated heterocycles. The van der Waals surface area contributed by atoms with Crippen LogP contribution in [0.15, 0.2) is 30.3 Å². The Morgan fingerprint density at radius 2 is 2.07 bits per heavy atom. The summed E-state index contributed by atoms with van der Waals surface area (Å²) in [6.07, 6.45) is -0.984. The van der Waals surface area contributed by atoms with Crippen LogP contribution in [0.25, 0.3) is 0 Å². The van der Waals surface area contributed by atoms with Gasteiger partial charge in [0.25, 0.3) is 0 Å². The number of benzene rings is 1. The van der Waals surface area contributed by atoms with Gasteiger partial charge < -0.3 is 9.29 Å². The minimum Gasteiger partial charge on any atom is -0.755 e. The van der Waals surface area contributed by atoms with Crippen LogP contribution in [-0.2, 0) is 22.6 Å². The van der Waals surface area contributed by atoms with E-state index in [9.17, 15) is 13.6 Å². The zero-order chi connectivity index (χ0) is 10.4. The summed E-state index contributed by atoms with van der Waals surface area (Å²) in [5.41, 5.74) is 0.791. The lowest BCUT2D eigenvalue weighted by molar-refractivity contribution is 0.146. The summed E-state index contributed by atoms with van der Waals surface area (Å²) in [6.45, 7) is 0.0455. The molecule has 0 saturated carbocycles. The maximum absolute atomic E-state index is 10.7. The number of rotatable bonds is 3. The van der Waals surface area contributed by atoms with Gasteiger partial charge in [0.05, 0.1) is 0 Å². The smallest absolute Gasteiger partial charge is 0.418 e. The highest BCUT2D eigenvalue weighted by atomic mass is 32.2. The summed E-state index contributed by atoms with van der Waals surface area (Å²) in [5.74, 6) is 0. The number of carbonyl (C=O) groups excluding carboxylic acids is 1. The largest absolute Gasteiger partial charge is 0.755 e. The van der Waals surface area contributed by atoms with Crippen LogP contribution in [0.2, 0.25) is 0 Å². The van der Waals surface area contributed by atoms with E-state index in [2.05, 4.69) is 4.74 Å². The van der Waals surface area contributed by atoms with E-state index in [1.807, 2.05) is 6.07 Å². The van der Waals surface area contributed by atoms with Gasteiger partial charge >= 0.3 is 6.09 Å². The van der Waals surface area contributed by atoms with Crippen LogP contribution in [0.3, 0.4) is 0 Å². The van der Waals surface area contributed by atoms with E-state index in [0.29, 0.717) is 0 Å². The molecule has 1 amide bonds. The van der Waals surface area contributed by atoms with Gasteiger partial charge in [-0.1, -0.05) is 30.3 Å². The standard InChI is InChI=1S/C8H9NO4S/c10-8(9-14(11)12)13-6-7-4-2-1-3-5-7/h1-5H,6H2,(H,9,10)(H,11,12)/p-1. The molecule has 0 bridgehead atoms. The van der Waals surface area contributed by atoms with Crippen molar-refractivity contribution >= 4 is 17.4 Å². The summed E-state index contributed by atoms with van der Waals surface area (Å²) in [6, 6.07) is 8.95. The summed E-state index contributed by atoms with van der Waals surface area (Å²) < 4.78 is 26.2. The summed E-state index contributed by atoms with van der Waals surface area (Å²) >= 11 is -2.63. The molecule has 1 aromatic rings. The zero-order valence-corrected chi connectivity index (χ0v) is 7.95. The monoisotopic (exact) mass is 214 g/mol. The van der Waals surface area contributed by atoms with E-state index >= 15 is 0 Å². The fourth-order valence-corrected chi connectivity index (χ4v) is 1.02. The molecule has 1 rings (SSSR count). The number of hydrogen-bond donors (Lipinski definition) is 1. The van der Waals surface area contributed by atoms with E-state index in [4.69, 9.17) is 0 Å². The fourth-order valence-electron chi connectivity index (χ4n) is 0.821. The van der Waals surface area contributed by atoms with Crippen molar-refractivity contribution in [2.45, 2.75) is 6.61 Å². The van der Waals surface area contributed by atoms with Crippen LogP contribution in [0.4, 0.5) is 4.79 Å². The van der Waals surface area contributed by atoms with Crippen molar-refractivity contribution in [3.8, 4) is 0 Å². The maximum Gasteiger partial charge on any atom is 0.418 e. The van der Waals surface area contributed by atoms with Gasteiger partial charge in [-0.25, -0.2) is 4.79 Å². The van der Waals surface area contributed by atoms with Crippen molar-refractivity contribution in [3.05, 3.63) is 35.9 Å². The molecule has 76 valence electrons. The molecule has 6 heteroatoms. The van der Waals surface area contributed by atoms with E-state index in [1.165, 1.54) is 0 Å². The Balaban J connectivity index is 2.34. The molecule has 0 aliphatic carbocycles. The summed E-state index contributed by atoms with van der Waals surface area (Å²) in [4.78, 5) is 10.7. The molecule has 5 nitrogen and oxygen atoms in total. The second-order valence-electron chi connectivity index (χ2n) is 2.40. The van der Waals surface area contributed by atoms with Crippen LogP contribution >= 0.6 is 0 Å². The molecule has 0 heterocycles. The maximum atomic E-state index is 10.7. The van der Waals surface area contributed by atoms with Crippen LogP contribution in [0.1, 0.15) is 5.56 Å². The molecule has 0 spiro atoms. The molecule has 0 radical (unpaired) electrons. The summed E-state index contributed by atoms with van der Waals surface area (Å²) in [7, 11) is 0. The average molecular weight is 214 g/mol. The van der Waals surface area contributed by atoms with Gasteiger partial charge in [0, 0.05) is 11.3 Å². The SMILES string of the molecule is O=C(NS(=O)[O-])OCc1ccccc1. The fraction of sp³-hybridized carbons (Fsp3) is 0.125. The second kappa shape index (κ2) is 5.36. The van der Waals surface area contributed by atoms with Gasteiger partial charge in [-0.3, -0.25) is 8.93 Å². The molecule has 1 unspecified atom stereocenters. The molecule has 0 aliphatic heterocycles. The third-order valence-corrected chi connectivity index (χ3v) is 1.71. The van der Waals surface area contributed by atoms with Gasteiger partial charge in [0.1, 0.15) is 6.61 Å². The molecular weight excluding hydrogens is 206 g/mol. The van der Waals surface area contributed by atoms with Crippen molar-refractivity contribution in [2.24, 2.45) is 0 Å². The van der Waals surface area contributed by atoms with Crippen molar-refractivity contribution in [2.75, 3.05) is 0 Å². The predicted octanol–water partition coefficient (Wildman–Crippen LogP) is 0.707. The van der Waals surface area contributed by atoms with Gasteiger partial charge in [0.15, 0.2) is 0 Å². The first kappa shape index (κ1) is 10.7. The Morgan fingerprint density at radius 3 is 2.64 bits per heavy atom. The lowest BCUT2D eigenvalue weighted by atomic mass is 10.2. The van der Waals surface area contributed by atoms with Crippen LogP contribution < -0.4 is 4.72 Å². The normalized spacial score (nSPS) is 11.8. The first-order valence-electron chi connectivity index (χ1n) is 3.75. The average Bonchev–Trinajstić information content (AvgIpc) is 2.15. The number of amides is 1. The van der Waals surface area contributed by atoms with Crippen molar-refractivity contribution in [3.63, 3.8) is 0 Å². The quantitative estimate of drug-likeness (QED) is 0.751. The first-order chi connectivity index (χ1) is 6.68. The van der Waals surface area contributed by atoms with Crippen LogP contribution in [0.5, 0.6) is 0 Å². The molecule has 0 fully saturated rings. The highest BCUT2D eigenvalue weighted by molar-refractivity contribution is 7.77. The number of carbonyl (C=O) groups is 1. The number of nitrogens with one attached hydrogen (secondary N) is 1. The molecule has 1 N–H and O–H groups in total. The molecule has 1 aromatic carbocycles. The Hall–Kier alpha value is -1.40. The summed E-state index contributed by atoms with van der Waals surface area (Å²) in [5, 5.41) is 0. The van der Waals surface area contributed by atoms with Crippen molar-refractivity contribution in [1.82, 2.24) is 4.72 Å². The lowest BCUT2D eigenvalue weighted by Gasteiger charge is -2.07. The third kappa shape index (κ3) is 4.01. The van der Waals surface area contributed by atoms with Gasteiger partial charge in [-0.05, 0) is 5.56 Å². The lowest BCUT2D eigenvalue weighted by Crippen LogP contribution is -2.25. The third-order valence-electron chi connectivity index (χ3n) is 1.38. The Morgan fingerprint density at radius 1 is 1.43 bits per heavy atom. The molecular formula is C8H8NO4S-. The number of ether oxygens (including phenoxy) is 1. The second-order valence-corrected chi connectivity index (χ2v) is 3.07. The predicted molar refractivity (Wildman–Crippen MR) is 48.7 cm³/mol. The molecule has 14 heavy (non-hydrogen) atoms. The van der Waals surface area contributed by atoms with E-state index in [-0.39, 0.29) is 6.61 Å². The zero-order valence-electron chi connectivity index (χ0n) is 7.14. The Labute approximate surface area is 83.5 Å². The first-order valence-corrected chi connectivity index (χ1v) is 4.82. The minimum atomic E-state index is -2.63. The van der Waals surface area contributed by atoms with E-state index in [1.54, 1.807) is 29.0 Å². The van der Waals surface area contributed by atoms with Crippen LogP contribution in [-0.4, -0.2) is 14.9 Å². The van der Waals surface area contributed by atoms with Gasteiger partial charge in [-0.2, -0.15) is 0 Å². The Bertz CT molecular complexity index is 327. The van der Waals surface area contributed by atoms with E-state index < -0.39 is 17.4 Å². The molecule has 0 aromatic heterocycles. The highest BCUT2D eigenvalue weighted by Crippen LogP contribution is 2.00. The van der Waals surface area contributed by atoms with E-state index in [0.717, 1.165) is 5.56 Å². The number of hydrogen-bond acceptors (Lipinski definition) is 4.